The summed E-state index contributed by atoms with van der Waals surface area (Å²) in [5.41, 5.74) is 0.691. The molecule has 2 aromatic rings. The smallest absolute Gasteiger partial charge is 0.237 e. The molecule has 0 aliphatic heterocycles. The van der Waals surface area contributed by atoms with E-state index in [0.29, 0.717) is 5.69 Å². The van der Waals surface area contributed by atoms with Crippen molar-refractivity contribution in [2.24, 2.45) is 0 Å². The highest BCUT2D eigenvalue weighted by Gasteiger charge is 2.11. The SMILES string of the molecule is CS[C@@H](C)C(=O)Nc1ccc(-n2cccn2)nc1. The minimum Gasteiger partial charge on any atom is -0.324 e. The molecule has 94 valence electrons. The number of rotatable bonds is 4. The minimum absolute atomic E-state index is 0.0175. The number of anilines is 1. The Morgan fingerprint density at radius 1 is 1.50 bits per heavy atom. The van der Waals surface area contributed by atoms with Crippen molar-refractivity contribution >= 4 is 23.4 Å². The van der Waals surface area contributed by atoms with Crippen molar-refractivity contribution in [1.29, 1.82) is 0 Å². The molecular formula is C12H14N4OS. The first-order valence-corrected chi connectivity index (χ1v) is 6.79. The Balaban J connectivity index is 2.06. The summed E-state index contributed by atoms with van der Waals surface area (Å²) in [5, 5.41) is 6.82. The zero-order valence-electron chi connectivity index (χ0n) is 10.2. The van der Waals surface area contributed by atoms with Crippen LogP contribution in [-0.4, -0.2) is 32.2 Å². The third-order valence-electron chi connectivity index (χ3n) is 2.48. The Morgan fingerprint density at radius 2 is 2.33 bits per heavy atom. The highest BCUT2D eigenvalue weighted by atomic mass is 32.2. The Bertz CT molecular complexity index is 509. The van der Waals surface area contributed by atoms with Gasteiger partial charge in [0, 0.05) is 12.4 Å². The van der Waals surface area contributed by atoms with Crippen LogP contribution < -0.4 is 5.32 Å². The lowest BCUT2D eigenvalue weighted by molar-refractivity contribution is -0.115. The molecule has 0 radical (unpaired) electrons. The molecule has 0 aromatic carbocycles. The summed E-state index contributed by atoms with van der Waals surface area (Å²) in [6.45, 7) is 1.87. The number of hydrogen-bond donors (Lipinski definition) is 1. The van der Waals surface area contributed by atoms with Gasteiger partial charge in [0.2, 0.25) is 5.91 Å². The molecular weight excluding hydrogens is 248 g/mol. The average molecular weight is 262 g/mol. The van der Waals surface area contributed by atoms with Crippen LogP contribution in [0.3, 0.4) is 0 Å². The zero-order chi connectivity index (χ0) is 13.0. The van der Waals surface area contributed by atoms with E-state index in [1.54, 1.807) is 17.1 Å². The molecule has 1 amide bonds. The first-order valence-electron chi connectivity index (χ1n) is 5.50. The van der Waals surface area contributed by atoms with Gasteiger partial charge >= 0.3 is 0 Å². The molecule has 1 atom stereocenters. The summed E-state index contributed by atoms with van der Waals surface area (Å²) in [5.74, 6) is 0.701. The fraction of sp³-hybridized carbons (Fsp3) is 0.250. The van der Waals surface area contributed by atoms with Crippen LogP contribution in [0.5, 0.6) is 0 Å². The van der Waals surface area contributed by atoms with E-state index < -0.39 is 0 Å². The third-order valence-corrected chi connectivity index (χ3v) is 3.40. The van der Waals surface area contributed by atoms with Crippen molar-refractivity contribution in [3.63, 3.8) is 0 Å². The Kier molecular flexibility index (Phi) is 3.99. The van der Waals surface area contributed by atoms with E-state index in [9.17, 15) is 4.79 Å². The van der Waals surface area contributed by atoms with Gasteiger partial charge < -0.3 is 5.32 Å². The lowest BCUT2D eigenvalue weighted by Gasteiger charge is -2.09. The van der Waals surface area contributed by atoms with Gasteiger partial charge in [-0.15, -0.1) is 0 Å². The lowest BCUT2D eigenvalue weighted by Crippen LogP contribution is -2.22. The largest absolute Gasteiger partial charge is 0.324 e. The first kappa shape index (κ1) is 12.6. The molecule has 0 unspecified atom stereocenters. The zero-order valence-corrected chi connectivity index (χ0v) is 11.0. The van der Waals surface area contributed by atoms with E-state index in [1.807, 2.05) is 37.6 Å². The fourth-order valence-electron chi connectivity index (χ4n) is 1.35. The molecule has 0 saturated carbocycles. The minimum atomic E-state index is -0.0733. The molecule has 0 spiro atoms. The quantitative estimate of drug-likeness (QED) is 0.915. The van der Waals surface area contributed by atoms with Gasteiger partial charge in [-0.2, -0.15) is 16.9 Å². The molecule has 6 heteroatoms. The Morgan fingerprint density at radius 3 is 2.89 bits per heavy atom. The Labute approximate surface area is 110 Å². The van der Waals surface area contributed by atoms with Crippen LogP contribution in [0.2, 0.25) is 0 Å². The number of nitrogens with zero attached hydrogens (tertiary/aromatic N) is 3. The van der Waals surface area contributed by atoms with Gasteiger partial charge in [0.15, 0.2) is 5.82 Å². The third kappa shape index (κ3) is 2.89. The number of pyridine rings is 1. The molecule has 0 fully saturated rings. The summed E-state index contributed by atoms with van der Waals surface area (Å²) in [7, 11) is 0. The summed E-state index contributed by atoms with van der Waals surface area (Å²) >= 11 is 1.51. The normalized spacial score (nSPS) is 12.1. The van der Waals surface area contributed by atoms with Gasteiger partial charge in [-0.1, -0.05) is 0 Å². The molecule has 5 nitrogen and oxygen atoms in total. The van der Waals surface area contributed by atoms with E-state index in [2.05, 4.69) is 15.4 Å². The molecule has 18 heavy (non-hydrogen) atoms. The second-order valence-corrected chi connectivity index (χ2v) is 4.90. The lowest BCUT2D eigenvalue weighted by atomic mass is 10.3. The van der Waals surface area contributed by atoms with Gasteiger partial charge in [-0.05, 0) is 31.4 Å². The van der Waals surface area contributed by atoms with Crippen molar-refractivity contribution in [2.45, 2.75) is 12.2 Å². The monoisotopic (exact) mass is 262 g/mol. The van der Waals surface area contributed by atoms with Gasteiger partial charge in [-0.3, -0.25) is 4.79 Å². The van der Waals surface area contributed by atoms with Gasteiger partial charge in [0.25, 0.3) is 0 Å². The first-order chi connectivity index (χ1) is 8.70. The standard InChI is InChI=1S/C12H14N4OS/c1-9(18-2)12(17)15-10-4-5-11(13-8-10)16-7-3-6-14-16/h3-9H,1-2H3,(H,15,17)/t9-/m0/s1. The van der Waals surface area contributed by atoms with Crippen molar-refractivity contribution in [3.05, 3.63) is 36.8 Å². The number of carbonyl (C=O) groups is 1. The molecule has 0 aliphatic rings. The maximum Gasteiger partial charge on any atom is 0.237 e. The predicted octanol–water partition coefficient (Wildman–Crippen LogP) is 1.96. The van der Waals surface area contributed by atoms with Crippen LogP contribution in [0.15, 0.2) is 36.8 Å². The van der Waals surface area contributed by atoms with E-state index in [0.717, 1.165) is 5.82 Å². The van der Waals surface area contributed by atoms with Crippen LogP contribution in [0.1, 0.15) is 6.92 Å². The number of aromatic nitrogens is 3. The highest BCUT2D eigenvalue weighted by molar-refractivity contribution is 7.99. The second-order valence-electron chi connectivity index (χ2n) is 3.72. The Hall–Kier alpha value is -1.82. The van der Waals surface area contributed by atoms with Gasteiger partial charge in [-0.25, -0.2) is 9.67 Å². The van der Waals surface area contributed by atoms with Crippen LogP contribution in [0, 0.1) is 0 Å². The molecule has 0 bridgehead atoms. The van der Waals surface area contributed by atoms with Crippen LogP contribution in [0.4, 0.5) is 5.69 Å². The van der Waals surface area contributed by atoms with Gasteiger partial charge in [0.05, 0.1) is 17.1 Å². The number of nitrogens with one attached hydrogen (secondary N) is 1. The van der Waals surface area contributed by atoms with Crippen molar-refractivity contribution in [2.75, 3.05) is 11.6 Å². The van der Waals surface area contributed by atoms with Crippen molar-refractivity contribution < 1.29 is 4.79 Å². The maximum absolute atomic E-state index is 11.7. The number of carbonyl (C=O) groups excluding carboxylic acids is 1. The molecule has 2 aromatic heterocycles. The van der Waals surface area contributed by atoms with E-state index in [-0.39, 0.29) is 11.2 Å². The average Bonchev–Trinajstić information content (AvgIpc) is 2.92. The van der Waals surface area contributed by atoms with Crippen LogP contribution >= 0.6 is 11.8 Å². The number of thioether (sulfide) groups is 1. The fourth-order valence-corrected chi connectivity index (χ4v) is 1.62. The van der Waals surface area contributed by atoms with E-state index in [4.69, 9.17) is 0 Å². The molecule has 2 rings (SSSR count). The number of hydrogen-bond acceptors (Lipinski definition) is 4. The predicted molar refractivity (Wildman–Crippen MR) is 73.0 cm³/mol. The van der Waals surface area contributed by atoms with Crippen molar-refractivity contribution in [1.82, 2.24) is 14.8 Å². The van der Waals surface area contributed by atoms with Gasteiger partial charge in [0.1, 0.15) is 0 Å². The van der Waals surface area contributed by atoms with E-state index >= 15 is 0 Å². The van der Waals surface area contributed by atoms with Crippen LogP contribution in [-0.2, 0) is 4.79 Å². The summed E-state index contributed by atoms with van der Waals surface area (Å²) in [4.78, 5) is 15.9. The van der Waals surface area contributed by atoms with Crippen molar-refractivity contribution in [3.8, 4) is 5.82 Å². The summed E-state index contributed by atoms with van der Waals surface area (Å²) in [6.07, 6.45) is 7.04. The highest BCUT2D eigenvalue weighted by Crippen LogP contribution is 2.12. The van der Waals surface area contributed by atoms with E-state index in [1.165, 1.54) is 11.8 Å². The maximum atomic E-state index is 11.7. The second kappa shape index (κ2) is 5.68. The molecule has 2 heterocycles. The topological polar surface area (TPSA) is 59.8 Å². The molecule has 1 N–H and O–H groups in total. The molecule has 0 saturated heterocycles. The molecule has 0 aliphatic carbocycles. The summed E-state index contributed by atoms with van der Waals surface area (Å²) < 4.78 is 1.66. The number of amides is 1. The summed E-state index contributed by atoms with van der Waals surface area (Å²) in [6, 6.07) is 5.46. The van der Waals surface area contributed by atoms with Crippen LogP contribution in [0.25, 0.3) is 5.82 Å².